The van der Waals surface area contributed by atoms with Crippen molar-refractivity contribution in [2.45, 2.75) is 13.0 Å². The molecule has 0 spiro atoms. The lowest BCUT2D eigenvalue weighted by molar-refractivity contribution is 0.0369. The Morgan fingerprint density at radius 3 is 2.68 bits per heavy atom. The maximum absolute atomic E-state index is 12.4. The molecule has 0 aliphatic carbocycles. The van der Waals surface area contributed by atoms with E-state index in [1.165, 1.54) is 5.56 Å². The number of hydrogen-bond donors (Lipinski definition) is 1. The maximum Gasteiger partial charge on any atom is 0.317 e. The molecule has 2 fully saturated rings. The molecule has 0 saturated carbocycles. The van der Waals surface area contributed by atoms with E-state index in [0.717, 1.165) is 39.4 Å². The first-order chi connectivity index (χ1) is 10.8. The van der Waals surface area contributed by atoms with Gasteiger partial charge in [-0.3, -0.25) is 4.90 Å². The van der Waals surface area contributed by atoms with Gasteiger partial charge in [-0.25, -0.2) is 4.79 Å². The Balaban J connectivity index is 1.47. The molecule has 0 bridgehead atoms. The smallest absolute Gasteiger partial charge is 0.317 e. The average Bonchev–Trinajstić information content (AvgIpc) is 2.54. The van der Waals surface area contributed by atoms with Crippen LogP contribution in [0.1, 0.15) is 18.5 Å². The molecule has 1 N–H and O–H groups in total. The summed E-state index contributed by atoms with van der Waals surface area (Å²) in [5.74, 6) is 0.521. The van der Waals surface area contributed by atoms with Gasteiger partial charge in [0.2, 0.25) is 0 Å². The number of ether oxygens (including phenoxy) is 1. The summed E-state index contributed by atoms with van der Waals surface area (Å²) in [5.41, 5.74) is 1.23. The second kappa shape index (κ2) is 7.11. The summed E-state index contributed by atoms with van der Waals surface area (Å²) in [6.45, 7) is 8.16. The number of urea groups is 1. The zero-order valence-electron chi connectivity index (χ0n) is 13.2. The fourth-order valence-electron chi connectivity index (χ4n) is 3.31. The van der Waals surface area contributed by atoms with Gasteiger partial charge in [-0.1, -0.05) is 37.3 Å². The highest BCUT2D eigenvalue weighted by Gasteiger charge is 2.39. The van der Waals surface area contributed by atoms with E-state index in [-0.39, 0.29) is 12.1 Å². The number of likely N-dealkylation sites (tertiary alicyclic amines) is 1. The topological polar surface area (TPSA) is 44.8 Å². The third-order valence-electron chi connectivity index (χ3n) is 4.57. The highest BCUT2D eigenvalue weighted by atomic mass is 16.5. The maximum atomic E-state index is 12.4. The van der Waals surface area contributed by atoms with E-state index in [0.29, 0.717) is 12.5 Å². The third-order valence-corrected chi connectivity index (χ3v) is 4.57. The average molecular weight is 303 g/mol. The molecular formula is C17H25N3O2. The van der Waals surface area contributed by atoms with Gasteiger partial charge in [-0.15, -0.1) is 0 Å². The van der Waals surface area contributed by atoms with Crippen molar-refractivity contribution in [3.05, 3.63) is 35.9 Å². The lowest BCUT2D eigenvalue weighted by atomic mass is 9.85. The molecule has 3 rings (SSSR count). The molecule has 5 nitrogen and oxygen atoms in total. The van der Waals surface area contributed by atoms with Crippen molar-refractivity contribution >= 4 is 6.03 Å². The number of morpholine rings is 1. The Morgan fingerprint density at radius 2 is 2.00 bits per heavy atom. The molecule has 0 radical (unpaired) electrons. The first kappa shape index (κ1) is 15.3. The lowest BCUT2D eigenvalue weighted by Crippen LogP contribution is -2.55. The fraction of sp³-hybridized carbons (Fsp3) is 0.588. The summed E-state index contributed by atoms with van der Waals surface area (Å²) in [7, 11) is 0. The van der Waals surface area contributed by atoms with Gasteiger partial charge in [0.15, 0.2) is 0 Å². The number of benzene rings is 1. The molecule has 2 atom stereocenters. The van der Waals surface area contributed by atoms with Crippen molar-refractivity contribution in [3.63, 3.8) is 0 Å². The van der Waals surface area contributed by atoms with Gasteiger partial charge in [0, 0.05) is 32.7 Å². The van der Waals surface area contributed by atoms with E-state index in [9.17, 15) is 4.79 Å². The normalized spacial score (nSPS) is 25.6. The van der Waals surface area contributed by atoms with Crippen LogP contribution in [0.5, 0.6) is 0 Å². The predicted octanol–water partition coefficient (Wildman–Crippen LogP) is 1.72. The quantitative estimate of drug-likeness (QED) is 0.921. The SMILES string of the molecule is CC1CN(C(=O)NCCN2CCOCC2)C1c1ccccc1. The monoisotopic (exact) mass is 303 g/mol. The van der Waals surface area contributed by atoms with Crippen LogP contribution in [0.2, 0.25) is 0 Å². The highest BCUT2D eigenvalue weighted by Crippen LogP contribution is 2.38. The number of nitrogens with one attached hydrogen (secondary N) is 1. The van der Waals surface area contributed by atoms with Crippen molar-refractivity contribution in [1.82, 2.24) is 15.1 Å². The first-order valence-electron chi connectivity index (χ1n) is 8.15. The first-order valence-corrected chi connectivity index (χ1v) is 8.15. The van der Waals surface area contributed by atoms with Crippen molar-refractivity contribution in [2.75, 3.05) is 45.9 Å². The summed E-state index contributed by atoms with van der Waals surface area (Å²) in [4.78, 5) is 16.6. The number of carbonyl (C=O) groups excluding carboxylic acids is 1. The molecule has 5 heteroatoms. The van der Waals surface area contributed by atoms with Gasteiger partial charge in [0.05, 0.1) is 19.3 Å². The Hall–Kier alpha value is -1.59. The number of rotatable bonds is 4. The summed E-state index contributed by atoms with van der Waals surface area (Å²) < 4.78 is 5.33. The minimum Gasteiger partial charge on any atom is -0.379 e. The molecule has 1 aromatic carbocycles. The van der Waals surface area contributed by atoms with Crippen LogP contribution in [0, 0.1) is 5.92 Å². The minimum atomic E-state index is 0.0558. The second-order valence-electron chi connectivity index (χ2n) is 6.17. The van der Waals surface area contributed by atoms with E-state index in [1.54, 1.807) is 0 Å². The van der Waals surface area contributed by atoms with E-state index in [2.05, 4.69) is 29.3 Å². The summed E-state index contributed by atoms with van der Waals surface area (Å²) in [5, 5.41) is 3.06. The summed E-state index contributed by atoms with van der Waals surface area (Å²) in [6, 6.07) is 10.6. The van der Waals surface area contributed by atoms with Gasteiger partial charge >= 0.3 is 6.03 Å². The van der Waals surface area contributed by atoms with E-state index in [4.69, 9.17) is 4.74 Å². The molecule has 22 heavy (non-hydrogen) atoms. The Bertz CT molecular complexity index is 488. The molecule has 2 unspecified atom stereocenters. The summed E-state index contributed by atoms with van der Waals surface area (Å²) >= 11 is 0. The molecule has 1 aromatic rings. The van der Waals surface area contributed by atoms with Gasteiger partial charge in [-0.05, 0) is 11.5 Å². The Labute approximate surface area is 132 Å². The van der Waals surface area contributed by atoms with Gasteiger partial charge < -0.3 is 15.0 Å². The van der Waals surface area contributed by atoms with Crippen LogP contribution in [0.3, 0.4) is 0 Å². The van der Waals surface area contributed by atoms with Crippen LogP contribution in [0.4, 0.5) is 4.79 Å². The van der Waals surface area contributed by atoms with Crippen LogP contribution < -0.4 is 5.32 Å². The standard InChI is InChI=1S/C17H25N3O2/c1-14-13-20(16(14)15-5-3-2-4-6-15)17(21)18-7-8-19-9-11-22-12-10-19/h2-6,14,16H,7-13H2,1H3,(H,18,21). The van der Waals surface area contributed by atoms with Gasteiger partial charge in [0.1, 0.15) is 0 Å². The largest absolute Gasteiger partial charge is 0.379 e. The molecule has 2 aliphatic heterocycles. The van der Waals surface area contributed by atoms with Gasteiger partial charge in [-0.2, -0.15) is 0 Å². The Morgan fingerprint density at radius 1 is 1.27 bits per heavy atom. The highest BCUT2D eigenvalue weighted by molar-refractivity contribution is 5.75. The minimum absolute atomic E-state index is 0.0558. The fourth-order valence-corrected chi connectivity index (χ4v) is 3.31. The van der Waals surface area contributed by atoms with Crippen LogP contribution >= 0.6 is 0 Å². The molecule has 2 amide bonds. The molecule has 2 saturated heterocycles. The Kier molecular flexibility index (Phi) is 4.95. The van der Waals surface area contributed by atoms with Crippen molar-refractivity contribution in [3.8, 4) is 0 Å². The van der Waals surface area contributed by atoms with Crippen LogP contribution in [-0.2, 0) is 4.74 Å². The van der Waals surface area contributed by atoms with E-state index >= 15 is 0 Å². The van der Waals surface area contributed by atoms with Crippen molar-refractivity contribution in [1.29, 1.82) is 0 Å². The number of hydrogen-bond acceptors (Lipinski definition) is 3. The predicted molar refractivity (Wildman–Crippen MR) is 85.7 cm³/mol. The van der Waals surface area contributed by atoms with E-state index < -0.39 is 0 Å². The lowest BCUT2D eigenvalue weighted by Gasteiger charge is -2.46. The van der Waals surface area contributed by atoms with Crippen LogP contribution in [0.15, 0.2) is 30.3 Å². The molecule has 120 valence electrons. The number of nitrogens with zero attached hydrogens (tertiary/aromatic N) is 2. The number of amides is 2. The zero-order valence-corrected chi connectivity index (χ0v) is 13.2. The third kappa shape index (κ3) is 3.42. The molecule has 2 aliphatic rings. The number of carbonyl (C=O) groups is 1. The van der Waals surface area contributed by atoms with Crippen molar-refractivity contribution in [2.24, 2.45) is 5.92 Å². The molecule has 0 aromatic heterocycles. The van der Waals surface area contributed by atoms with Gasteiger partial charge in [0.25, 0.3) is 0 Å². The van der Waals surface area contributed by atoms with E-state index in [1.807, 2.05) is 23.1 Å². The zero-order chi connectivity index (χ0) is 15.4. The van der Waals surface area contributed by atoms with Crippen molar-refractivity contribution < 1.29 is 9.53 Å². The molecular weight excluding hydrogens is 278 g/mol. The summed E-state index contributed by atoms with van der Waals surface area (Å²) in [6.07, 6.45) is 0. The second-order valence-corrected chi connectivity index (χ2v) is 6.17. The van der Waals surface area contributed by atoms with Crippen LogP contribution in [-0.4, -0.2) is 61.8 Å². The van der Waals surface area contributed by atoms with Crippen LogP contribution in [0.25, 0.3) is 0 Å². The molecule has 2 heterocycles.